The molecule has 0 saturated carbocycles. The van der Waals surface area contributed by atoms with E-state index in [1.807, 2.05) is 0 Å². The molecule has 0 spiro atoms. The largest absolute Gasteiger partial charge is 0.494 e. The third-order valence-corrected chi connectivity index (χ3v) is 5.67. The first-order valence-corrected chi connectivity index (χ1v) is 10.1. The number of ether oxygens (including phenoxy) is 1. The zero-order chi connectivity index (χ0) is 16.8. The van der Waals surface area contributed by atoms with E-state index in [0.717, 1.165) is 43.9 Å². The molecular formula is C20H28N2OS. The number of aryl methyl sites for hydroxylation is 2. The van der Waals surface area contributed by atoms with Gasteiger partial charge in [0.25, 0.3) is 0 Å². The fraction of sp³-hybridized carbons (Fsp3) is 0.550. The lowest BCUT2D eigenvalue weighted by molar-refractivity contribution is 0.263. The number of aromatic nitrogens is 1. The first kappa shape index (κ1) is 17.4. The van der Waals surface area contributed by atoms with E-state index >= 15 is 0 Å². The Kier molecular flexibility index (Phi) is 6.27. The molecule has 0 N–H and O–H groups in total. The minimum absolute atomic E-state index is 0.801. The van der Waals surface area contributed by atoms with E-state index in [1.165, 1.54) is 42.1 Å². The van der Waals surface area contributed by atoms with Gasteiger partial charge in [-0.15, -0.1) is 11.3 Å². The maximum atomic E-state index is 5.98. The highest BCUT2D eigenvalue weighted by Gasteiger charge is 2.11. The maximum absolute atomic E-state index is 5.98. The molecular weight excluding hydrogens is 316 g/mol. The Morgan fingerprint density at radius 1 is 1.17 bits per heavy atom. The van der Waals surface area contributed by atoms with Crippen molar-refractivity contribution in [3.05, 3.63) is 34.2 Å². The molecule has 1 fully saturated rings. The number of benzene rings is 1. The zero-order valence-corrected chi connectivity index (χ0v) is 15.7. The molecule has 1 saturated heterocycles. The van der Waals surface area contributed by atoms with Crippen molar-refractivity contribution in [1.82, 2.24) is 9.88 Å². The maximum Gasteiger partial charge on any atom is 0.119 e. The van der Waals surface area contributed by atoms with Crippen molar-refractivity contribution in [2.75, 3.05) is 26.2 Å². The molecule has 0 bridgehead atoms. The van der Waals surface area contributed by atoms with Gasteiger partial charge < -0.3 is 9.64 Å². The van der Waals surface area contributed by atoms with Crippen LogP contribution >= 0.6 is 11.3 Å². The van der Waals surface area contributed by atoms with Crippen LogP contribution in [0.2, 0.25) is 0 Å². The standard InChI is InChI=1S/C20H28N2OS/c1-3-16-14-17(23-13-7-12-22-10-5-6-11-22)8-9-18(16)19-15-24-20(4-2)21-19/h8-9,14-15H,3-7,10-13H2,1-2H3. The van der Waals surface area contributed by atoms with Crippen molar-refractivity contribution in [2.45, 2.75) is 46.0 Å². The van der Waals surface area contributed by atoms with Crippen LogP contribution in [0.4, 0.5) is 0 Å². The van der Waals surface area contributed by atoms with Gasteiger partial charge in [0.2, 0.25) is 0 Å². The summed E-state index contributed by atoms with van der Waals surface area (Å²) < 4.78 is 5.98. The molecule has 2 aromatic rings. The summed E-state index contributed by atoms with van der Waals surface area (Å²) in [6, 6.07) is 6.45. The average molecular weight is 345 g/mol. The van der Waals surface area contributed by atoms with Crippen LogP contribution in [0.3, 0.4) is 0 Å². The van der Waals surface area contributed by atoms with Crippen LogP contribution in [-0.4, -0.2) is 36.1 Å². The molecule has 3 rings (SSSR count). The number of thiazole rings is 1. The van der Waals surface area contributed by atoms with E-state index in [9.17, 15) is 0 Å². The lowest BCUT2D eigenvalue weighted by Crippen LogP contribution is -2.21. The highest BCUT2D eigenvalue weighted by Crippen LogP contribution is 2.29. The number of likely N-dealkylation sites (tertiary alicyclic amines) is 1. The third-order valence-electron chi connectivity index (χ3n) is 4.67. The minimum atomic E-state index is 0.801. The predicted octanol–water partition coefficient (Wildman–Crippen LogP) is 4.80. The van der Waals surface area contributed by atoms with Gasteiger partial charge in [-0.2, -0.15) is 0 Å². The van der Waals surface area contributed by atoms with E-state index in [0.29, 0.717) is 0 Å². The topological polar surface area (TPSA) is 25.4 Å². The van der Waals surface area contributed by atoms with E-state index in [-0.39, 0.29) is 0 Å². The van der Waals surface area contributed by atoms with Crippen molar-refractivity contribution >= 4 is 11.3 Å². The van der Waals surface area contributed by atoms with Crippen LogP contribution in [0.15, 0.2) is 23.6 Å². The fourth-order valence-corrected chi connectivity index (χ4v) is 4.03. The molecule has 1 aliphatic rings. The number of rotatable bonds is 8. The van der Waals surface area contributed by atoms with Crippen molar-refractivity contribution in [2.24, 2.45) is 0 Å². The number of hydrogen-bond acceptors (Lipinski definition) is 4. The second-order valence-corrected chi connectivity index (χ2v) is 7.35. The van der Waals surface area contributed by atoms with Gasteiger partial charge in [0.05, 0.1) is 17.3 Å². The molecule has 2 heterocycles. The second-order valence-electron chi connectivity index (χ2n) is 6.40. The molecule has 130 valence electrons. The molecule has 0 amide bonds. The predicted molar refractivity (Wildman–Crippen MR) is 102 cm³/mol. The summed E-state index contributed by atoms with van der Waals surface area (Å²) in [5.41, 5.74) is 3.67. The molecule has 3 nitrogen and oxygen atoms in total. The van der Waals surface area contributed by atoms with Gasteiger partial charge in [0.1, 0.15) is 5.75 Å². The first-order valence-electron chi connectivity index (χ1n) is 9.23. The number of nitrogens with zero attached hydrogens (tertiary/aromatic N) is 2. The van der Waals surface area contributed by atoms with Gasteiger partial charge in [0, 0.05) is 17.5 Å². The highest BCUT2D eigenvalue weighted by molar-refractivity contribution is 7.09. The molecule has 24 heavy (non-hydrogen) atoms. The normalized spacial score (nSPS) is 15.1. The molecule has 0 radical (unpaired) electrons. The Morgan fingerprint density at radius 3 is 2.71 bits per heavy atom. The molecule has 0 aliphatic carbocycles. The third kappa shape index (κ3) is 4.37. The summed E-state index contributed by atoms with van der Waals surface area (Å²) in [6.45, 7) is 8.85. The van der Waals surface area contributed by atoms with Gasteiger partial charge in [-0.25, -0.2) is 4.98 Å². The van der Waals surface area contributed by atoms with Gasteiger partial charge >= 0.3 is 0 Å². The molecule has 4 heteroatoms. The second kappa shape index (κ2) is 8.63. The van der Waals surface area contributed by atoms with Crippen molar-refractivity contribution in [1.29, 1.82) is 0 Å². The quantitative estimate of drug-likeness (QED) is 0.643. The minimum Gasteiger partial charge on any atom is -0.494 e. The van der Waals surface area contributed by atoms with Gasteiger partial charge in [0.15, 0.2) is 0 Å². The lowest BCUT2D eigenvalue weighted by atomic mass is 10.0. The Bertz CT molecular complexity index is 647. The Morgan fingerprint density at radius 2 is 2.00 bits per heavy atom. The van der Waals surface area contributed by atoms with Crippen LogP contribution in [0.5, 0.6) is 5.75 Å². The molecule has 1 aromatic carbocycles. The Balaban J connectivity index is 1.58. The summed E-state index contributed by atoms with van der Waals surface area (Å²) in [5.74, 6) is 0.989. The first-order chi connectivity index (χ1) is 11.8. The lowest BCUT2D eigenvalue weighted by Gasteiger charge is -2.15. The smallest absolute Gasteiger partial charge is 0.119 e. The summed E-state index contributed by atoms with van der Waals surface area (Å²) in [7, 11) is 0. The Labute approximate surface area is 149 Å². The van der Waals surface area contributed by atoms with Gasteiger partial charge in [-0.3, -0.25) is 0 Å². The van der Waals surface area contributed by atoms with Crippen molar-refractivity contribution in [3.8, 4) is 17.0 Å². The van der Waals surface area contributed by atoms with Crippen LogP contribution in [-0.2, 0) is 12.8 Å². The zero-order valence-electron chi connectivity index (χ0n) is 14.9. The van der Waals surface area contributed by atoms with Gasteiger partial charge in [-0.05, 0) is 69.0 Å². The summed E-state index contributed by atoms with van der Waals surface area (Å²) >= 11 is 1.75. The summed E-state index contributed by atoms with van der Waals surface area (Å²) in [4.78, 5) is 7.27. The van der Waals surface area contributed by atoms with Gasteiger partial charge in [-0.1, -0.05) is 13.8 Å². The van der Waals surface area contributed by atoms with Crippen LogP contribution in [0.25, 0.3) is 11.3 Å². The fourth-order valence-electron chi connectivity index (χ4n) is 3.28. The summed E-state index contributed by atoms with van der Waals surface area (Å²) in [6.07, 6.45) is 5.83. The monoisotopic (exact) mass is 344 g/mol. The Hall–Kier alpha value is -1.39. The van der Waals surface area contributed by atoms with Crippen molar-refractivity contribution < 1.29 is 4.74 Å². The molecule has 0 unspecified atom stereocenters. The van der Waals surface area contributed by atoms with E-state index in [1.54, 1.807) is 11.3 Å². The molecule has 1 aliphatic heterocycles. The van der Waals surface area contributed by atoms with Crippen LogP contribution in [0.1, 0.15) is 43.7 Å². The molecule has 1 aromatic heterocycles. The number of hydrogen-bond donors (Lipinski definition) is 0. The van der Waals surface area contributed by atoms with E-state index < -0.39 is 0 Å². The van der Waals surface area contributed by atoms with E-state index in [2.05, 4.69) is 42.3 Å². The highest BCUT2D eigenvalue weighted by atomic mass is 32.1. The summed E-state index contributed by atoms with van der Waals surface area (Å²) in [5, 5.41) is 3.37. The van der Waals surface area contributed by atoms with Crippen LogP contribution < -0.4 is 4.74 Å². The SMILES string of the molecule is CCc1nc(-c2ccc(OCCCN3CCCC3)cc2CC)cs1. The average Bonchev–Trinajstić information content (AvgIpc) is 3.30. The van der Waals surface area contributed by atoms with E-state index in [4.69, 9.17) is 9.72 Å². The molecule has 0 atom stereocenters. The van der Waals surface area contributed by atoms with Crippen molar-refractivity contribution in [3.63, 3.8) is 0 Å². The van der Waals surface area contributed by atoms with Crippen LogP contribution in [0, 0.1) is 0 Å².